The lowest BCUT2D eigenvalue weighted by molar-refractivity contribution is -0.140. The number of carbonyl (C=O) groups is 2. The van der Waals surface area contributed by atoms with E-state index in [-0.39, 0.29) is 5.56 Å². The van der Waals surface area contributed by atoms with E-state index in [0.717, 1.165) is 0 Å². The Balaban J connectivity index is 2.87. The number of hydrogen-bond donors (Lipinski definition) is 1. The lowest BCUT2D eigenvalue weighted by atomic mass is 10.1. The van der Waals surface area contributed by atoms with Crippen LogP contribution in [0.5, 0.6) is 5.75 Å². The fourth-order valence-electron chi connectivity index (χ4n) is 1.01. The van der Waals surface area contributed by atoms with Crippen LogP contribution in [0.15, 0.2) is 24.3 Å². The number of carboxylic acids is 1. The number of methoxy groups -OCH3 is 1. The average Bonchev–Trinajstić information content (AvgIpc) is 2.27. The summed E-state index contributed by atoms with van der Waals surface area (Å²) in [5, 5.41) is 8.29. The second-order valence-corrected chi connectivity index (χ2v) is 2.79. The van der Waals surface area contributed by atoms with Crippen LogP contribution in [0.25, 0.3) is 0 Å². The van der Waals surface area contributed by atoms with Gasteiger partial charge in [-0.1, -0.05) is 0 Å². The van der Waals surface area contributed by atoms with Crippen molar-refractivity contribution in [3.8, 4) is 5.75 Å². The number of alkyl halides is 1. The van der Waals surface area contributed by atoms with E-state index in [0.29, 0.717) is 5.75 Å². The van der Waals surface area contributed by atoms with Crippen LogP contribution in [0.1, 0.15) is 10.4 Å². The molecule has 0 saturated carbocycles. The van der Waals surface area contributed by atoms with E-state index in [2.05, 4.69) is 0 Å². The van der Waals surface area contributed by atoms with Gasteiger partial charge in [-0.15, -0.1) is 0 Å². The van der Waals surface area contributed by atoms with Crippen molar-refractivity contribution in [3.05, 3.63) is 29.8 Å². The van der Waals surface area contributed by atoms with Crippen molar-refractivity contribution in [2.45, 2.75) is 6.17 Å². The molecule has 1 atom stereocenters. The van der Waals surface area contributed by atoms with Gasteiger partial charge in [-0.25, -0.2) is 9.18 Å². The zero-order valence-electron chi connectivity index (χ0n) is 7.94. The molecule has 0 heterocycles. The van der Waals surface area contributed by atoms with E-state index < -0.39 is 17.9 Å². The van der Waals surface area contributed by atoms with E-state index >= 15 is 0 Å². The fraction of sp³-hybridized carbons (Fsp3) is 0.200. The summed E-state index contributed by atoms with van der Waals surface area (Å²) in [7, 11) is 1.45. The predicted molar refractivity (Wildman–Crippen MR) is 49.9 cm³/mol. The van der Waals surface area contributed by atoms with Crippen LogP contribution >= 0.6 is 0 Å². The van der Waals surface area contributed by atoms with Crippen LogP contribution in [0.4, 0.5) is 4.39 Å². The number of ether oxygens (including phenoxy) is 1. The molecule has 0 radical (unpaired) electrons. The topological polar surface area (TPSA) is 63.6 Å². The molecule has 0 aliphatic rings. The molecular formula is C10H9FO4. The van der Waals surface area contributed by atoms with Gasteiger partial charge >= 0.3 is 5.97 Å². The minimum atomic E-state index is -2.52. The molecule has 5 heteroatoms. The minimum Gasteiger partial charge on any atom is -0.497 e. The monoisotopic (exact) mass is 212 g/mol. The van der Waals surface area contributed by atoms with E-state index in [4.69, 9.17) is 9.84 Å². The summed E-state index contributed by atoms with van der Waals surface area (Å²) in [4.78, 5) is 21.4. The Bertz CT molecular complexity index is 372. The quantitative estimate of drug-likeness (QED) is 0.603. The molecule has 0 saturated heterocycles. The Morgan fingerprint density at radius 2 is 1.87 bits per heavy atom. The third-order valence-corrected chi connectivity index (χ3v) is 1.82. The predicted octanol–water partition coefficient (Wildman–Crippen LogP) is 1.30. The summed E-state index contributed by atoms with van der Waals surface area (Å²) in [6.07, 6.45) is -2.52. The molecule has 1 rings (SSSR count). The zero-order valence-corrected chi connectivity index (χ0v) is 7.94. The van der Waals surface area contributed by atoms with Crippen molar-refractivity contribution >= 4 is 11.8 Å². The van der Waals surface area contributed by atoms with Crippen molar-refractivity contribution < 1.29 is 23.8 Å². The second kappa shape index (κ2) is 4.54. The molecule has 0 bridgehead atoms. The van der Waals surface area contributed by atoms with Crippen LogP contribution in [0.3, 0.4) is 0 Å². The van der Waals surface area contributed by atoms with Gasteiger partial charge < -0.3 is 9.84 Å². The Kier molecular flexibility index (Phi) is 3.38. The number of rotatable bonds is 4. The standard InChI is InChI=1S/C10H9FO4/c1-15-7-4-2-6(3-5-7)9(12)8(11)10(13)14/h2-5,8H,1H3,(H,13,14). The van der Waals surface area contributed by atoms with Gasteiger partial charge in [-0.05, 0) is 24.3 Å². The summed E-state index contributed by atoms with van der Waals surface area (Å²) in [6, 6.07) is 5.55. The summed E-state index contributed by atoms with van der Waals surface area (Å²) >= 11 is 0. The first-order valence-electron chi connectivity index (χ1n) is 4.11. The summed E-state index contributed by atoms with van der Waals surface area (Å²) in [5.74, 6) is -2.33. The minimum absolute atomic E-state index is 0.00528. The molecule has 0 aliphatic heterocycles. The van der Waals surface area contributed by atoms with E-state index in [1.165, 1.54) is 31.4 Å². The first-order chi connectivity index (χ1) is 7.06. The van der Waals surface area contributed by atoms with Gasteiger partial charge in [-0.3, -0.25) is 4.79 Å². The number of carboxylic acid groups (broad SMARTS) is 1. The second-order valence-electron chi connectivity index (χ2n) is 2.79. The van der Waals surface area contributed by atoms with Crippen molar-refractivity contribution in [3.63, 3.8) is 0 Å². The molecule has 15 heavy (non-hydrogen) atoms. The summed E-state index contributed by atoms with van der Waals surface area (Å²) < 4.78 is 17.6. The third kappa shape index (κ3) is 2.52. The molecule has 0 amide bonds. The fourth-order valence-corrected chi connectivity index (χ4v) is 1.01. The molecule has 0 fully saturated rings. The molecule has 0 aromatic heterocycles. The number of aliphatic carboxylic acids is 1. The van der Waals surface area contributed by atoms with Gasteiger partial charge in [-0.2, -0.15) is 0 Å². The number of ketones is 1. The molecule has 1 aromatic carbocycles. The van der Waals surface area contributed by atoms with Crippen LogP contribution in [-0.4, -0.2) is 30.1 Å². The van der Waals surface area contributed by atoms with Gasteiger partial charge in [0, 0.05) is 5.56 Å². The molecule has 80 valence electrons. The lowest BCUT2D eigenvalue weighted by Crippen LogP contribution is -2.25. The van der Waals surface area contributed by atoms with E-state index in [1.807, 2.05) is 0 Å². The van der Waals surface area contributed by atoms with Gasteiger partial charge in [0.05, 0.1) is 7.11 Å². The molecule has 1 aromatic rings. The van der Waals surface area contributed by atoms with Crippen molar-refractivity contribution in [2.75, 3.05) is 7.11 Å². The zero-order chi connectivity index (χ0) is 11.4. The maximum atomic E-state index is 12.8. The average molecular weight is 212 g/mol. The van der Waals surface area contributed by atoms with Crippen LogP contribution in [0, 0.1) is 0 Å². The van der Waals surface area contributed by atoms with Crippen LogP contribution in [0.2, 0.25) is 0 Å². The molecule has 4 nitrogen and oxygen atoms in total. The van der Waals surface area contributed by atoms with E-state index in [1.54, 1.807) is 0 Å². The van der Waals surface area contributed by atoms with Gasteiger partial charge in [0.15, 0.2) is 0 Å². The molecular weight excluding hydrogens is 203 g/mol. The van der Waals surface area contributed by atoms with E-state index in [9.17, 15) is 14.0 Å². The summed E-state index contributed by atoms with van der Waals surface area (Å²) in [5.41, 5.74) is 0.00528. The third-order valence-electron chi connectivity index (χ3n) is 1.82. The molecule has 0 spiro atoms. The molecule has 0 aliphatic carbocycles. The normalized spacial score (nSPS) is 11.9. The highest BCUT2D eigenvalue weighted by atomic mass is 19.1. The van der Waals surface area contributed by atoms with Gasteiger partial charge in [0.25, 0.3) is 6.17 Å². The first-order valence-corrected chi connectivity index (χ1v) is 4.11. The Hall–Kier alpha value is -1.91. The van der Waals surface area contributed by atoms with Crippen molar-refractivity contribution in [1.82, 2.24) is 0 Å². The largest absolute Gasteiger partial charge is 0.497 e. The van der Waals surface area contributed by atoms with Gasteiger partial charge in [0.2, 0.25) is 5.78 Å². The van der Waals surface area contributed by atoms with Crippen LogP contribution in [-0.2, 0) is 4.79 Å². The Labute approximate surface area is 85.3 Å². The summed E-state index contributed by atoms with van der Waals surface area (Å²) in [6.45, 7) is 0. The maximum absolute atomic E-state index is 12.8. The molecule has 1 N–H and O–H groups in total. The number of benzene rings is 1. The van der Waals surface area contributed by atoms with Crippen molar-refractivity contribution in [1.29, 1.82) is 0 Å². The Morgan fingerprint density at radius 1 is 1.33 bits per heavy atom. The highest BCUT2D eigenvalue weighted by molar-refractivity contribution is 6.10. The Morgan fingerprint density at radius 3 is 2.27 bits per heavy atom. The number of Topliss-reactive ketones (excluding diaryl/α,β-unsaturated/α-hetero) is 1. The molecule has 1 unspecified atom stereocenters. The number of carbonyl (C=O) groups excluding carboxylic acids is 1. The van der Waals surface area contributed by atoms with Crippen molar-refractivity contribution in [2.24, 2.45) is 0 Å². The highest BCUT2D eigenvalue weighted by Crippen LogP contribution is 2.13. The smallest absolute Gasteiger partial charge is 0.346 e. The van der Waals surface area contributed by atoms with Gasteiger partial charge in [0.1, 0.15) is 5.75 Å². The van der Waals surface area contributed by atoms with Crippen LogP contribution < -0.4 is 4.74 Å². The highest BCUT2D eigenvalue weighted by Gasteiger charge is 2.26. The maximum Gasteiger partial charge on any atom is 0.346 e. The SMILES string of the molecule is COc1ccc(C(=O)C(F)C(=O)O)cc1. The number of hydrogen-bond acceptors (Lipinski definition) is 3. The lowest BCUT2D eigenvalue weighted by Gasteiger charge is -2.03. The first kappa shape index (κ1) is 11.2. The number of halogens is 1.